The first-order valence-electron chi connectivity index (χ1n) is 4.78. The third kappa shape index (κ3) is 3.20. The first kappa shape index (κ1) is 14.9. The molecule has 0 spiro atoms. The summed E-state index contributed by atoms with van der Waals surface area (Å²) in [5, 5.41) is 11.7. The zero-order valence-corrected chi connectivity index (χ0v) is 9.62. The van der Waals surface area contributed by atoms with Crippen LogP contribution in [0.15, 0.2) is 22.3 Å². The van der Waals surface area contributed by atoms with E-state index in [1.807, 2.05) is 0 Å². The number of esters is 1. The Morgan fingerprint density at radius 1 is 1.59 bits per heavy atom. The van der Waals surface area contributed by atoms with Crippen molar-refractivity contribution in [3.8, 4) is 0 Å². The van der Waals surface area contributed by atoms with Crippen LogP contribution in [0.1, 0.15) is 13.3 Å². The zero-order valence-electron chi connectivity index (χ0n) is 9.62. The first-order valence-corrected chi connectivity index (χ1v) is 4.78. The number of carboxylic acid groups (broad SMARTS) is 1. The molecule has 0 aromatic carbocycles. The van der Waals surface area contributed by atoms with E-state index in [9.17, 15) is 14.5 Å². The van der Waals surface area contributed by atoms with E-state index in [1.165, 1.54) is 6.92 Å². The van der Waals surface area contributed by atoms with E-state index in [4.69, 9.17) is 5.11 Å². The SMILES string of the molecule is C=NC(CC)(C(=O)O)C(/C=C/C(=O)OC)N=O. The van der Waals surface area contributed by atoms with E-state index in [2.05, 4.69) is 21.6 Å². The highest BCUT2D eigenvalue weighted by molar-refractivity contribution is 5.84. The molecule has 0 amide bonds. The van der Waals surface area contributed by atoms with Gasteiger partial charge >= 0.3 is 11.9 Å². The Balaban J connectivity index is 5.26. The maximum atomic E-state index is 11.1. The molecule has 2 atom stereocenters. The fraction of sp³-hybridized carbons (Fsp3) is 0.500. The fourth-order valence-corrected chi connectivity index (χ4v) is 1.28. The van der Waals surface area contributed by atoms with E-state index in [0.29, 0.717) is 0 Å². The minimum Gasteiger partial charge on any atom is -0.479 e. The number of ether oxygens (including phenoxy) is 1. The number of methoxy groups -OCH3 is 1. The van der Waals surface area contributed by atoms with Gasteiger partial charge in [-0.25, -0.2) is 9.59 Å². The van der Waals surface area contributed by atoms with Crippen LogP contribution in [-0.4, -0.2) is 42.5 Å². The van der Waals surface area contributed by atoms with E-state index >= 15 is 0 Å². The zero-order chi connectivity index (χ0) is 13.5. The summed E-state index contributed by atoms with van der Waals surface area (Å²) in [6, 6.07) is -1.32. The number of aliphatic imine (C=N–C) groups is 1. The van der Waals surface area contributed by atoms with Crippen LogP contribution < -0.4 is 0 Å². The van der Waals surface area contributed by atoms with Gasteiger partial charge in [-0.1, -0.05) is 12.1 Å². The average Bonchev–Trinajstić information content (AvgIpc) is 2.33. The molecule has 94 valence electrons. The van der Waals surface area contributed by atoms with Crippen LogP contribution in [0.5, 0.6) is 0 Å². The highest BCUT2D eigenvalue weighted by Gasteiger charge is 2.44. The van der Waals surface area contributed by atoms with Gasteiger partial charge < -0.3 is 9.84 Å². The predicted octanol–water partition coefficient (Wildman–Crippen LogP) is 0.785. The largest absolute Gasteiger partial charge is 0.479 e. The molecular weight excluding hydrogens is 228 g/mol. The summed E-state index contributed by atoms with van der Waals surface area (Å²) >= 11 is 0. The number of carbonyl (C=O) groups is 2. The summed E-state index contributed by atoms with van der Waals surface area (Å²) in [5.41, 5.74) is -1.76. The summed E-state index contributed by atoms with van der Waals surface area (Å²) < 4.78 is 4.32. The monoisotopic (exact) mass is 242 g/mol. The minimum atomic E-state index is -1.76. The molecule has 0 aliphatic heterocycles. The maximum Gasteiger partial charge on any atom is 0.334 e. The number of nitrogens with zero attached hydrogens (tertiary/aromatic N) is 2. The molecular formula is C10H14N2O5. The van der Waals surface area contributed by atoms with Crippen LogP contribution in [0.25, 0.3) is 0 Å². The molecule has 0 aromatic heterocycles. The average molecular weight is 242 g/mol. The molecule has 0 saturated heterocycles. The Morgan fingerprint density at radius 2 is 2.18 bits per heavy atom. The summed E-state index contributed by atoms with van der Waals surface area (Å²) in [6.07, 6.45) is 2.00. The molecule has 0 heterocycles. The van der Waals surface area contributed by atoms with E-state index < -0.39 is 23.5 Å². The summed E-state index contributed by atoms with van der Waals surface area (Å²) in [4.78, 5) is 36.1. The van der Waals surface area contributed by atoms with Crippen LogP contribution in [0.4, 0.5) is 0 Å². The van der Waals surface area contributed by atoms with Crippen molar-refractivity contribution in [2.24, 2.45) is 10.2 Å². The lowest BCUT2D eigenvalue weighted by Crippen LogP contribution is -2.45. The van der Waals surface area contributed by atoms with Crippen molar-refractivity contribution in [2.45, 2.75) is 24.9 Å². The maximum absolute atomic E-state index is 11.1. The number of nitroso groups, excluding NO2 is 1. The van der Waals surface area contributed by atoms with Crippen molar-refractivity contribution < 1.29 is 19.4 Å². The molecule has 0 aliphatic carbocycles. The Morgan fingerprint density at radius 3 is 2.47 bits per heavy atom. The van der Waals surface area contributed by atoms with Crippen molar-refractivity contribution >= 4 is 18.7 Å². The highest BCUT2D eigenvalue weighted by Crippen LogP contribution is 2.24. The van der Waals surface area contributed by atoms with Crippen LogP contribution in [-0.2, 0) is 14.3 Å². The van der Waals surface area contributed by atoms with Crippen LogP contribution in [0.2, 0.25) is 0 Å². The van der Waals surface area contributed by atoms with Crippen LogP contribution >= 0.6 is 0 Å². The quantitative estimate of drug-likeness (QED) is 0.307. The molecule has 17 heavy (non-hydrogen) atoms. The summed E-state index contributed by atoms with van der Waals surface area (Å²) in [5.74, 6) is -2.03. The number of rotatable bonds is 7. The van der Waals surface area contributed by atoms with E-state index in [1.54, 1.807) is 0 Å². The van der Waals surface area contributed by atoms with Gasteiger partial charge in [-0.15, -0.1) is 0 Å². The summed E-state index contributed by atoms with van der Waals surface area (Å²) in [6.45, 7) is 4.70. The van der Waals surface area contributed by atoms with Gasteiger partial charge in [0.05, 0.1) is 7.11 Å². The van der Waals surface area contributed by atoms with Crippen LogP contribution in [0.3, 0.4) is 0 Å². The lowest BCUT2D eigenvalue weighted by atomic mass is 9.88. The van der Waals surface area contributed by atoms with Gasteiger partial charge in [-0.3, -0.25) is 4.99 Å². The van der Waals surface area contributed by atoms with Gasteiger partial charge in [0.2, 0.25) is 0 Å². The van der Waals surface area contributed by atoms with Crippen molar-refractivity contribution in [1.82, 2.24) is 0 Å². The lowest BCUT2D eigenvalue weighted by molar-refractivity contribution is -0.143. The van der Waals surface area contributed by atoms with Gasteiger partial charge in [0.15, 0.2) is 5.54 Å². The van der Waals surface area contributed by atoms with Gasteiger partial charge in [0.1, 0.15) is 6.04 Å². The second-order valence-corrected chi connectivity index (χ2v) is 3.17. The normalized spacial score (nSPS) is 15.9. The molecule has 0 aliphatic rings. The van der Waals surface area contributed by atoms with Gasteiger partial charge in [0.25, 0.3) is 0 Å². The first-order chi connectivity index (χ1) is 7.98. The predicted molar refractivity (Wildman–Crippen MR) is 60.9 cm³/mol. The molecule has 1 N–H and O–H groups in total. The van der Waals surface area contributed by atoms with Crippen molar-refractivity contribution in [1.29, 1.82) is 0 Å². The molecule has 0 radical (unpaired) electrons. The van der Waals surface area contributed by atoms with Crippen molar-refractivity contribution in [3.63, 3.8) is 0 Å². The third-order valence-corrected chi connectivity index (χ3v) is 2.41. The Kier molecular flexibility index (Phi) is 5.73. The van der Waals surface area contributed by atoms with Crippen molar-refractivity contribution in [3.05, 3.63) is 17.1 Å². The standard InChI is InChI=1S/C10H14N2O5/c1-4-10(11-2,9(14)15)7(12-16)5-6-8(13)17-3/h5-7H,2,4H2,1,3H3,(H,14,15)/b6-5+. The second-order valence-electron chi connectivity index (χ2n) is 3.17. The van der Waals surface area contributed by atoms with E-state index in [-0.39, 0.29) is 6.42 Å². The summed E-state index contributed by atoms with van der Waals surface area (Å²) in [7, 11) is 1.16. The number of hydrogen-bond acceptors (Lipinski definition) is 6. The third-order valence-electron chi connectivity index (χ3n) is 2.41. The number of carbonyl (C=O) groups excluding carboxylic acids is 1. The molecule has 2 unspecified atom stereocenters. The van der Waals surface area contributed by atoms with E-state index in [0.717, 1.165) is 19.3 Å². The Hall–Kier alpha value is -2.05. The molecule has 0 bridgehead atoms. The lowest BCUT2D eigenvalue weighted by Gasteiger charge is -2.25. The fourth-order valence-electron chi connectivity index (χ4n) is 1.28. The van der Waals surface area contributed by atoms with Crippen molar-refractivity contribution in [2.75, 3.05) is 7.11 Å². The Labute approximate surface area is 98.2 Å². The highest BCUT2D eigenvalue weighted by atomic mass is 16.5. The number of carboxylic acids is 1. The molecule has 7 heteroatoms. The minimum absolute atomic E-state index is 0.0216. The molecule has 7 nitrogen and oxygen atoms in total. The molecule has 0 rings (SSSR count). The Bertz CT molecular complexity index is 353. The van der Waals surface area contributed by atoms with Gasteiger partial charge in [-0.05, 0) is 19.2 Å². The van der Waals surface area contributed by atoms with Gasteiger partial charge in [-0.2, -0.15) is 4.91 Å². The molecule has 0 aromatic rings. The van der Waals surface area contributed by atoms with Gasteiger partial charge in [0, 0.05) is 6.08 Å². The van der Waals surface area contributed by atoms with Crippen LogP contribution in [0, 0.1) is 4.91 Å². The number of hydrogen-bond donors (Lipinski definition) is 1. The molecule has 0 saturated carbocycles. The second kappa shape index (κ2) is 6.51. The smallest absolute Gasteiger partial charge is 0.334 e. The topological polar surface area (TPSA) is 105 Å². The number of aliphatic carboxylic acids is 1. The molecule has 0 fully saturated rings.